The van der Waals surface area contributed by atoms with Crippen molar-refractivity contribution in [2.45, 2.75) is 20.3 Å². The summed E-state index contributed by atoms with van der Waals surface area (Å²) in [6, 6.07) is 23.0. The van der Waals surface area contributed by atoms with Gasteiger partial charge in [-0.2, -0.15) is 0 Å². The molecule has 3 heteroatoms. The van der Waals surface area contributed by atoms with Gasteiger partial charge in [0, 0.05) is 24.7 Å². The van der Waals surface area contributed by atoms with Gasteiger partial charge in [-0.1, -0.05) is 55.5 Å². The van der Waals surface area contributed by atoms with E-state index in [1.807, 2.05) is 29.0 Å². The smallest absolute Gasteiger partial charge is 0.202 e. The van der Waals surface area contributed by atoms with Crippen LogP contribution in [0, 0.1) is 5.41 Å². The molecule has 25 heavy (non-hydrogen) atoms. The second kappa shape index (κ2) is 7.39. The van der Waals surface area contributed by atoms with Crippen molar-refractivity contribution >= 4 is 28.1 Å². The van der Waals surface area contributed by atoms with Gasteiger partial charge < -0.3 is 9.80 Å². The first kappa shape index (κ1) is 17.0. The van der Waals surface area contributed by atoms with Gasteiger partial charge in [0.15, 0.2) is 0 Å². The molecule has 0 fully saturated rings. The average molecular weight is 331 g/mol. The number of nitrogens with zero attached hydrogens (tertiary/aromatic N) is 2. The van der Waals surface area contributed by atoms with Crippen LogP contribution in [-0.2, 0) is 6.42 Å². The van der Waals surface area contributed by atoms with Crippen molar-refractivity contribution in [1.29, 1.82) is 5.41 Å². The van der Waals surface area contributed by atoms with Crippen molar-refractivity contribution in [1.82, 2.24) is 0 Å². The van der Waals surface area contributed by atoms with E-state index in [0.29, 0.717) is 5.96 Å². The Hall–Kier alpha value is -2.81. The van der Waals surface area contributed by atoms with Crippen molar-refractivity contribution in [3.05, 3.63) is 72.3 Å². The fourth-order valence-corrected chi connectivity index (χ4v) is 3.19. The number of rotatable bonds is 4. The number of hydrogen-bond donors (Lipinski definition) is 1. The third-order valence-corrected chi connectivity index (χ3v) is 4.65. The van der Waals surface area contributed by atoms with Gasteiger partial charge in [-0.15, -0.1) is 0 Å². The molecular formula is C22H25N3. The van der Waals surface area contributed by atoms with Crippen LogP contribution in [0.25, 0.3) is 10.8 Å². The van der Waals surface area contributed by atoms with Gasteiger partial charge in [0.25, 0.3) is 0 Å². The molecule has 0 saturated carbocycles. The largest absolute Gasteiger partial charge is 0.315 e. The van der Waals surface area contributed by atoms with Gasteiger partial charge in [-0.05, 0) is 42.5 Å². The Balaban J connectivity index is 1.97. The summed E-state index contributed by atoms with van der Waals surface area (Å²) in [7, 11) is 1.97. The van der Waals surface area contributed by atoms with E-state index in [-0.39, 0.29) is 0 Å². The van der Waals surface area contributed by atoms with Crippen molar-refractivity contribution in [2.24, 2.45) is 0 Å². The molecule has 0 amide bonds. The Morgan fingerprint density at radius 2 is 1.64 bits per heavy atom. The Morgan fingerprint density at radius 1 is 0.920 bits per heavy atom. The normalized spacial score (nSPS) is 10.7. The number of aryl methyl sites for hydroxylation is 1. The van der Waals surface area contributed by atoms with E-state index >= 15 is 0 Å². The van der Waals surface area contributed by atoms with Gasteiger partial charge in [-0.3, -0.25) is 5.41 Å². The minimum atomic E-state index is 0.479. The molecule has 0 unspecified atom stereocenters. The first-order chi connectivity index (χ1) is 12.2. The summed E-state index contributed by atoms with van der Waals surface area (Å²) in [5, 5.41) is 11.1. The Labute approximate surface area is 150 Å². The lowest BCUT2D eigenvalue weighted by Crippen LogP contribution is -2.42. The molecule has 0 aliphatic carbocycles. The fourth-order valence-electron chi connectivity index (χ4n) is 3.19. The van der Waals surface area contributed by atoms with Crippen LogP contribution in [0.1, 0.15) is 19.4 Å². The summed E-state index contributed by atoms with van der Waals surface area (Å²) in [6.07, 6.45) is 0.998. The molecule has 3 nitrogen and oxygen atoms in total. The van der Waals surface area contributed by atoms with Crippen molar-refractivity contribution in [3.63, 3.8) is 0 Å². The van der Waals surface area contributed by atoms with E-state index in [1.165, 1.54) is 10.9 Å². The Kier molecular flexibility index (Phi) is 5.03. The maximum absolute atomic E-state index is 8.78. The molecule has 0 radical (unpaired) electrons. The zero-order valence-electron chi connectivity index (χ0n) is 15.2. The third kappa shape index (κ3) is 3.36. The molecule has 0 aliphatic rings. The summed E-state index contributed by atoms with van der Waals surface area (Å²) >= 11 is 0. The summed E-state index contributed by atoms with van der Waals surface area (Å²) in [5.74, 6) is 0.479. The van der Waals surface area contributed by atoms with E-state index < -0.39 is 0 Å². The second-order valence-corrected chi connectivity index (χ2v) is 6.15. The summed E-state index contributed by atoms with van der Waals surface area (Å²) in [4.78, 5) is 4.01. The van der Waals surface area contributed by atoms with Gasteiger partial charge in [-0.25, -0.2) is 0 Å². The highest BCUT2D eigenvalue weighted by molar-refractivity contribution is 6.09. The van der Waals surface area contributed by atoms with E-state index in [4.69, 9.17) is 5.41 Å². The maximum Gasteiger partial charge on any atom is 0.202 e. The Bertz CT molecular complexity index is 880. The predicted molar refractivity (Wildman–Crippen MR) is 109 cm³/mol. The highest BCUT2D eigenvalue weighted by Gasteiger charge is 2.17. The van der Waals surface area contributed by atoms with E-state index in [1.54, 1.807) is 0 Å². The molecule has 0 heterocycles. The number of fused-ring (bicyclic) bond motifs is 1. The lowest BCUT2D eigenvalue weighted by molar-refractivity contribution is 1.00. The van der Waals surface area contributed by atoms with Crippen LogP contribution in [0.5, 0.6) is 0 Å². The topological polar surface area (TPSA) is 30.3 Å². The van der Waals surface area contributed by atoms with E-state index in [9.17, 15) is 0 Å². The van der Waals surface area contributed by atoms with Crippen molar-refractivity contribution in [3.8, 4) is 0 Å². The number of anilines is 2. The van der Waals surface area contributed by atoms with Crippen LogP contribution in [0.4, 0.5) is 11.4 Å². The lowest BCUT2D eigenvalue weighted by atomic mass is 10.1. The van der Waals surface area contributed by atoms with E-state index in [2.05, 4.69) is 68.4 Å². The molecule has 0 spiro atoms. The van der Waals surface area contributed by atoms with Crippen LogP contribution in [0.3, 0.4) is 0 Å². The molecule has 0 saturated heterocycles. The molecule has 1 N–H and O–H groups in total. The quantitative estimate of drug-likeness (QED) is 0.519. The van der Waals surface area contributed by atoms with Crippen LogP contribution in [0.15, 0.2) is 66.7 Å². The monoisotopic (exact) mass is 331 g/mol. The predicted octanol–water partition coefficient (Wildman–Crippen LogP) is 5.30. The molecule has 3 aromatic rings. The van der Waals surface area contributed by atoms with Gasteiger partial charge in [0.1, 0.15) is 0 Å². The molecular weight excluding hydrogens is 306 g/mol. The van der Waals surface area contributed by atoms with Crippen LogP contribution in [-0.4, -0.2) is 19.6 Å². The summed E-state index contributed by atoms with van der Waals surface area (Å²) in [6.45, 7) is 4.99. The zero-order valence-corrected chi connectivity index (χ0v) is 15.2. The highest BCUT2D eigenvalue weighted by atomic mass is 15.3. The van der Waals surface area contributed by atoms with E-state index in [0.717, 1.165) is 29.7 Å². The number of hydrogen-bond acceptors (Lipinski definition) is 1. The highest BCUT2D eigenvalue weighted by Crippen LogP contribution is 2.27. The standard InChI is InChI=1S/C22H25N3/c1-4-17-10-8-13-19(16-17)25(5-2)22(23)24(3)21-15-9-12-18-11-6-7-14-20(18)21/h6-16,23H,4-5H2,1-3H3. The minimum Gasteiger partial charge on any atom is -0.315 e. The molecule has 0 aromatic heterocycles. The van der Waals surface area contributed by atoms with Gasteiger partial charge in [0.2, 0.25) is 5.96 Å². The molecule has 0 aliphatic heterocycles. The minimum absolute atomic E-state index is 0.479. The van der Waals surface area contributed by atoms with Crippen LogP contribution < -0.4 is 9.80 Å². The fraction of sp³-hybridized carbons (Fsp3) is 0.227. The third-order valence-electron chi connectivity index (χ3n) is 4.65. The van der Waals surface area contributed by atoms with Gasteiger partial charge >= 0.3 is 0 Å². The number of benzene rings is 3. The second-order valence-electron chi connectivity index (χ2n) is 6.15. The van der Waals surface area contributed by atoms with Gasteiger partial charge in [0.05, 0.1) is 5.69 Å². The molecule has 0 bridgehead atoms. The SMILES string of the molecule is CCc1cccc(N(CC)C(=N)N(C)c2cccc3ccccc23)c1. The van der Waals surface area contributed by atoms with Crippen molar-refractivity contribution in [2.75, 3.05) is 23.4 Å². The molecule has 3 aromatic carbocycles. The average Bonchev–Trinajstić information content (AvgIpc) is 2.67. The Morgan fingerprint density at radius 3 is 2.40 bits per heavy atom. The molecule has 0 atom stereocenters. The lowest BCUT2D eigenvalue weighted by Gasteiger charge is -2.31. The molecule has 128 valence electrons. The maximum atomic E-state index is 8.78. The van der Waals surface area contributed by atoms with Crippen molar-refractivity contribution < 1.29 is 0 Å². The number of guanidine groups is 1. The van der Waals surface area contributed by atoms with Crippen LogP contribution >= 0.6 is 0 Å². The zero-order chi connectivity index (χ0) is 17.8. The molecule has 3 rings (SSSR count). The summed E-state index contributed by atoms with van der Waals surface area (Å²) in [5.41, 5.74) is 3.41. The first-order valence-corrected chi connectivity index (χ1v) is 8.82. The van der Waals surface area contributed by atoms with Crippen LogP contribution in [0.2, 0.25) is 0 Å². The summed E-state index contributed by atoms with van der Waals surface area (Å²) < 4.78 is 0. The number of nitrogens with one attached hydrogen (secondary N) is 1. The first-order valence-electron chi connectivity index (χ1n) is 8.82.